The van der Waals surface area contributed by atoms with Gasteiger partial charge >= 0.3 is 0 Å². The van der Waals surface area contributed by atoms with Crippen molar-refractivity contribution in [1.82, 2.24) is 5.32 Å². The molecular weight excluding hydrogens is 264 g/mol. The van der Waals surface area contributed by atoms with Crippen molar-refractivity contribution in [2.75, 3.05) is 12.4 Å². The van der Waals surface area contributed by atoms with Crippen LogP contribution in [0.2, 0.25) is 0 Å². The summed E-state index contributed by atoms with van der Waals surface area (Å²) in [4.78, 5) is 12.3. The van der Waals surface area contributed by atoms with E-state index in [-0.39, 0.29) is 5.91 Å². The lowest BCUT2D eigenvalue weighted by atomic mass is 10.1. The van der Waals surface area contributed by atoms with Gasteiger partial charge in [0.25, 0.3) is 5.91 Å². The van der Waals surface area contributed by atoms with Crippen LogP contribution in [0, 0.1) is 0 Å². The highest BCUT2D eigenvalue weighted by molar-refractivity contribution is 6.00. The molecule has 4 nitrogen and oxygen atoms in total. The fraction of sp³-hybridized carbons (Fsp3) is 0.235. The maximum atomic E-state index is 12.3. The zero-order chi connectivity index (χ0) is 14.7. The van der Waals surface area contributed by atoms with E-state index in [9.17, 15) is 4.79 Å². The minimum absolute atomic E-state index is 0.0430. The summed E-state index contributed by atoms with van der Waals surface area (Å²) >= 11 is 0. The number of methoxy groups -OCH3 is 1. The summed E-state index contributed by atoms with van der Waals surface area (Å²) in [5, 5.41) is 6.30. The quantitative estimate of drug-likeness (QED) is 0.884. The van der Waals surface area contributed by atoms with E-state index in [1.807, 2.05) is 36.4 Å². The highest BCUT2D eigenvalue weighted by Gasteiger charge is 2.25. The fourth-order valence-electron chi connectivity index (χ4n) is 2.12. The van der Waals surface area contributed by atoms with E-state index in [1.54, 1.807) is 19.2 Å². The van der Waals surface area contributed by atoms with E-state index in [2.05, 4.69) is 10.6 Å². The molecule has 1 fully saturated rings. The van der Waals surface area contributed by atoms with Crippen LogP contribution in [0.1, 0.15) is 23.2 Å². The summed E-state index contributed by atoms with van der Waals surface area (Å²) in [6.45, 7) is 0. The second-order valence-electron chi connectivity index (χ2n) is 5.15. The Bertz CT molecular complexity index is 636. The van der Waals surface area contributed by atoms with Crippen LogP contribution >= 0.6 is 0 Å². The molecule has 1 aliphatic carbocycles. The standard InChI is InChI=1S/C17H18N2O2/c1-21-14-9-10-15(17(20)19-13-7-8-13)16(11-14)18-12-5-3-2-4-6-12/h2-6,9-11,13,18H,7-8H2,1H3,(H,19,20). The Morgan fingerprint density at radius 2 is 1.90 bits per heavy atom. The molecule has 1 saturated carbocycles. The first-order valence-electron chi connectivity index (χ1n) is 7.07. The Labute approximate surface area is 124 Å². The van der Waals surface area contributed by atoms with Crippen LogP contribution in [0.5, 0.6) is 5.75 Å². The number of ether oxygens (including phenoxy) is 1. The zero-order valence-electron chi connectivity index (χ0n) is 11.9. The first-order chi connectivity index (χ1) is 10.3. The second kappa shape index (κ2) is 5.87. The summed E-state index contributed by atoms with van der Waals surface area (Å²) in [6.07, 6.45) is 2.15. The normalized spacial score (nSPS) is 13.6. The van der Waals surface area contributed by atoms with Crippen molar-refractivity contribution in [3.05, 3.63) is 54.1 Å². The summed E-state index contributed by atoms with van der Waals surface area (Å²) in [5.41, 5.74) is 2.32. The lowest BCUT2D eigenvalue weighted by Crippen LogP contribution is -2.26. The molecule has 0 heterocycles. The van der Waals surface area contributed by atoms with E-state index in [0.717, 1.165) is 30.0 Å². The molecule has 1 amide bonds. The van der Waals surface area contributed by atoms with Gasteiger partial charge in [0.2, 0.25) is 0 Å². The third kappa shape index (κ3) is 3.34. The molecule has 0 aliphatic heterocycles. The molecule has 0 radical (unpaired) electrons. The number of hydrogen-bond acceptors (Lipinski definition) is 3. The highest BCUT2D eigenvalue weighted by atomic mass is 16.5. The molecule has 1 aliphatic rings. The molecule has 3 rings (SSSR count). The Morgan fingerprint density at radius 3 is 2.57 bits per heavy atom. The van der Waals surface area contributed by atoms with Gasteiger partial charge in [-0.3, -0.25) is 4.79 Å². The van der Waals surface area contributed by atoms with Crippen molar-refractivity contribution in [2.24, 2.45) is 0 Å². The van der Waals surface area contributed by atoms with Crippen molar-refractivity contribution in [1.29, 1.82) is 0 Å². The first-order valence-corrected chi connectivity index (χ1v) is 7.07. The molecular formula is C17H18N2O2. The minimum Gasteiger partial charge on any atom is -0.497 e. The molecule has 0 spiro atoms. The molecule has 2 N–H and O–H groups in total. The minimum atomic E-state index is -0.0430. The van der Waals surface area contributed by atoms with Gasteiger partial charge in [0, 0.05) is 17.8 Å². The van der Waals surface area contributed by atoms with Crippen molar-refractivity contribution in [3.63, 3.8) is 0 Å². The Kier molecular flexibility index (Phi) is 3.77. The molecule has 0 saturated heterocycles. The summed E-state index contributed by atoms with van der Waals surface area (Å²) in [7, 11) is 1.62. The molecule has 2 aromatic rings. The van der Waals surface area contributed by atoms with Crippen molar-refractivity contribution < 1.29 is 9.53 Å². The maximum Gasteiger partial charge on any atom is 0.253 e. The van der Waals surface area contributed by atoms with Crippen LogP contribution in [0.3, 0.4) is 0 Å². The first kappa shape index (κ1) is 13.5. The molecule has 4 heteroatoms. The molecule has 0 unspecified atom stereocenters. The third-order valence-electron chi connectivity index (χ3n) is 3.44. The number of anilines is 2. The van der Waals surface area contributed by atoms with Crippen molar-refractivity contribution in [2.45, 2.75) is 18.9 Å². The summed E-state index contributed by atoms with van der Waals surface area (Å²) in [6, 6.07) is 15.6. The zero-order valence-corrected chi connectivity index (χ0v) is 11.9. The van der Waals surface area contributed by atoms with E-state index < -0.39 is 0 Å². The average Bonchev–Trinajstić information content (AvgIpc) is 3.32. The van der Waals surface area contributed by atoms with E-state index in [0.29, 0.717) is 11.6 Å². The van der Waals surface area contributed by atoms with Gasteiger partial charge in [-0.2, -0.15) is 0 Å². The van der Waals surface area contributed by atoms with Crippen molar-refractivity contribution >= 4 is 17.3 Å². The van der Waals surface area contributed by atoms with Gasteiger partial charge in [0.1, 0.15) is 5.75 Å². The smallest absolute Gasteiger partial charge is 0.253 e. The number of benzene rings is 2. The monoisotopic (exact) mass is 282 g/mol. The molecule has 21 heavy (non-hydrogen) atoms. The number of amides is 1. The number of hydrogen-bond donors (Lipinski definition) is 2. The summed E-state index contributed by atoms with van der Waals surface area (Å²) in [5.74, 6) is 0.676. The number of para-hydroxylation sites is 1. The lowest BCUT2D eigenvalue weighted by Gasteiger charge is -2.13. The maximum absolute atomic E-state index is 12.3. The molecule has 0 atom stereocenters. The SMILES string of the molecule is COc1ccc(C(=O)NC2CC2)c(Nc2ccccc2)c1. The topological polar surface area (TPSA) is 50.4 Å². The van der Waals surface area contributed by atoms with E-state index in [1.165, 1.54) is 0 Å². The van der Waals surface area contributed by atoms with E-state index in [4.69, 9.17) is 4.74 Å². The molecule has 0 aromatic heterocycles. The Balaban J connectivity index is 1.89. The van der Waals surface area contributed by atoms with Crippen molar-refractivity contribution in [3.8, 4) is 5.75 Å². The predicted molar refractivity (Wildman–Crippen MR) is 83.2 cm³/mol. The number of rotatable bonds is 5. The van der Waals surface area contributed by atoms with Gasteiger partial charge in [0.15, 0.2) is 0 Å². The number of nitrogens with one attached hydrogen (secondary N) is 2. The van der Waals surface area contributed by atoms with E-state index >= 15 is 0 Å². The van der Waals surface area contributed by atoms with Crippen LogP contribution in [0.4, 0.5) is 11.4 Å². The van der Waals surface area contributed by atoms with Gasteiger partial charge in [-0.05, 0) is 37.1 Å². The predicted octanol–water partition coefficient (Wildman–Crippen LogP) is 3.33. The number of carbonyl (C=O) groups is 1. The average molecular weight is 282 g/mol. The summed E-state index contributed by atoms with van der Waals surface area (Å²) < 4.78 is 5.25. The lowest BCUT2D eigenvalue weighted by molar-refractivity contribution is 0.0952. The van der Waals surface area contributed by atoms with Gasteiger partial charge in [0.05, 0.1) is 18.4 Å². The van der Waals surface area contributed by atoms with Crippen LogP contribution in [0.25, 0.3) is 0 Å². The van der Waals surface area contributed by atoms with Gasteiger partial charge < -0.3 is 15.4 Å². The van der Waals surface area contributed by atoms with Gasteiger partial charge in [-0.1, -0.05) is 18.2 Å². The molecule has 0 bridgehead atoms. The highest BCUT2D eigenvalue weighted by Crippen LogP contribution is 2.27. The molecule has 108 valence electrons. The largest absolute Gasteiger partial charge is 0.497 e. The third-order valence-corrected chi connectivity index (χ3v) is 3.44. The van der Waals surface area contributed by atoms with Crippen LogP contribution in [-0.2, 0) is 0 Å². The van der Waals surface area contributed by atoms with Crippen LogP contribution in [0.15, 0.2) is 48.5 Å². The van der Waals surface area contributed by atoms with Gasteiger partial charge in [-0.25, -0.2) is 0 Å². The fourth-order valence-corrected chi connectivity index (χ4v) is 2.12. The van der Waals surface area contributed by atoms with Crippen LogP contribution in [-0.4, -0.2) is 19.1 Å². The molecule has 2 aromatic carbocycles. The van der Waals surface area contributed by atoms with Crippen LogP contribution < -0.4 is 15.4 Å². The second-order valence-corrected chi connectivity index (χ2v) is 5.15. The number of carbonyl (C=O) groups excluding carboxylic acids is 1. The van der Waals surface area contributed by atoms with Gasteiger partial charge in [-0.15, -0.1) is 0 Å². The Hall–Kier alpha value is -2.49. The Morgan fingerprint density at radius 1 is 1.14 bits per heavy atom.